The third kappa shape index (κ3) is 5.01. The van der Waals surface area contributed by atoms with Gasteiger partial charge in [-0.3, -0.25) is 14.2 Å². The van der Waals surface area contributed by atoms with Crippen molar-refractivity contribution >= 4 is 45.6 Å². The topological polar surface area (TPSA) is 91.0 Å². The number of amides is 1. The highest BCUT2D eigenvalue weighted by Crippen LogP contribution is 2.27. The Morgan fingerprint density at radius 3 is 2.62 bits per heavy atom. The number of hydrogen-bond acceptors (Lipinski definition) is 6. The first-order valence-corrected chi connectivity index (χ1v) is 9.67. The molecule has 9 heteroatoms. The third-order valence-corrected chi connectivity index (χ3v) is 5.37. The number of nitrogens with one attached hydrogen (secondary N) is 1. The Balaban J connectivity index is 0.00000300. The maximum atomic E-state index is 13.0. The SMILES string of the molecule is Cc1sc2ncn(CCCN(C)C)c(=O)c2c1C(=O)Nc1ccc(C#N)cc1.Cl. The number of aromatic nitrogens is 2. The van der Waals surface area contributed by atoms with Crippen LogP contribution in [-0.2, 0) is 6.54 Å². The van der Waals surface area contributed by atoms with Gasteiger partial charge < -0.3 is 10.2 Å². The van der Waals surface area contributed by atoms with E-state index in [2.05, 4.69) is 15.2 Å². The number of anilines is 1. The fraction of sp³-hybridized carbons (Fsp3) is 0.300. The van der Waals surface area contributed by atoms with Gasteiger partial charge in [-0.05, 0) is 58.3 Å². The highest BCUT2D eigenvalue weighted by atomic mass is 35.5. The van der Waals surface area contributed by atoms with Gasteiger partial charge in [0.1, 0.15) is 4.83 Å². The molecule has 0 spiro atoms. The van der Waals surface area contributed by atoms with Crippen LogP contribution in [0.3, 0.4) is 0 Å². The summed E-state index contributed by atoms with van der Waals surface area (Å²) in [7, 11) is 3.97. The largest absolute Gasteiger partial charge is 0.322 e. The van der Waals surface area contributed by atoms with E-state index in [1.54, 1.807) is 35.2 Å². The Morgan fingerprint density at radius 1 is 1.31 bits per heavy atom. The number of hydrogen-bond donors (Lipinski definition) is 1. The summed E-state index contributed by atoms with van der Waals surface area (Å²) in [6.07, 6.45) is 2.37. The summed E-state index contributed by atoms with van der Waals surface area (Å²) in [5, 5.41) is 12.1. The number of nitriles is 1. The molecule has 7 nitrogen and oxygen atoms in total. The molecule has 0 fully saturated rings. The fourth-order valence-electron chi connectivity index (χ4n) is 2.95. The minimum absolute atomic E-state index is 0. The molecule has 3 rings (SSSR count). The zero-order valence-electron chi connectivity index (χ0n) is 16.4. The van der Waals surface area contributed by atoms with Crippen molar-refractivity contribution in [3.8, 4) is 6.07 Å². The smallest absolute Gasteiger partial charge is 0.262 e. The number of halogens is 1. The van der Waals surface area contributed by atoms with Crippen molar-refractivity contribution in [1.82, 2.24) is 14.5 Å². The van der Waals surface area contributed by atoms with Gasteiger partial charge in [-0.2, -0.15) is 5.26 Å². The summed E-state index contributed by atoms with van der Waals surface area (Å²) in [6, 6.07) is 8.63. The van der Waals surface area contributed by atoms with Crippen LogP contribution in [0.4, 0.5) is 5.69 Å². The molecule has 1 N–H and O–H groups in total. The molecule has 29 heavy (non-hydrogen) atoms. The first-order chi connectivity index (χ1) is 13.4. The lowest BCUT2D eigenvalue weighted by Gasteiger charge is -2.10. The van der Waals surface area contributed by atoms with E-state index in [-0.39, 0.29) is 23.9 Å². The molecule has 1 aromatic carbocycles. The van der Waals surface area contributed by atoms with E-state index in [1.165, 1.54) is 11.3 Å². The van der Waals surface area contributed by atoms with E-state index in [4.69, 9.17) is 5.26 Å². The van der Waals surface area contributed by atoms with Crippen LogP contribution in [0.15, 0.2) is 35.4 Å². The second-order valence-corrected chi connectivity index (χ2v) is 7.96. The molecule has 2 aromatic heterocycles. The van der Waals surface area contributed by atoms with Crippen molar-refractivity contribution < 1.29 is 4.79 Å². The van der Waals surface area contributed by atoms with Crippen molar-refractivity contribution in [2.75, 3.05) is 26.0 Å². The average molecular weight is 432 g/mol. The second kappa shape index (κ2) is 9.65. The lowest BCUT2D eigenvalue weighted by Crippen LogP contribution is -2.24. The van der Waals surface area contributed by atoms with Crippen LogP contribution in [-0.4, -0.2) is 41.0 Å². The number of benzene rings is 1. The third-order valence-electron chi connectivity index (χ3n) is 4.36. The van der Waals surface area contributed by atoms with Crippen molar-refractivity contribution in [3.63, 3.8) is 0 Å². The molecule has 1 amide bonds. The number of rotatable bonds is 6. The molecule has 0 saturated carbocycles. The first kappa shape index (κ1) is 22.6. The Morgan fingerprint density at radius 2 is 2.00 bits per heavy atom. The lowest BCUT2D eigenvalue weighted by atomic mass is 10.1. The van der Waals surface area contributed by atoms with Gasteiger partial charge in [0.05, 0.1) is 28.9 Å². The van der Waals surface area contributed by atoms with Crippen molar-refractivity contribution in [2.24, 2.45) is 0 Å². The minimum Gasteiger partial charge on any atom is -0.322 e. The van der Waals surface area contributed by atoms with Crippen LogP contribution in [0.2, 0.25) is 0 Å². The van der Waals surface area contributed by atoms with E-state index in [9.17, 15) is 9.59 Å². The summed E-state index contributed by atoms with van der Waals surface area (Å²) in [6.45, 7) is 3.22. The van der Waals surface area contributed by atoms with Crippen LogP contribution < -0.4 is 10.9 Å². The number of carbonyl (C=O) groups is 1. The minimum atomic E-state index is -0.349. The molecular formula is C20H22ClN5O2S. The predicted molar refractivity (Wildman–Crippen MR) is 118 cm³/mol. The monoisotopic (exact) mass is 431 g/mol. The van der Waals surface area contributed by atoms with Gasteiger partial charge in [0.25, 0.3) is 11.5 Å². The van der Waals surface area contributed by atoms with E-state index >= 15 is 0 Å². The Kier molecular flexibility index (Phi) is 7.51. The van der Waals surface area contributed by atoms with Gasteiger partial charge in [-0.15, -0.1) is 23.7 Å². The molecule has 3 aromatic rings. The van der Waals surface area contributed by atoms with Gasteiger partial charge in [0.2, 0.25) is 0 Å². The first-order valence-electron chi connectivity index (χ1n) is 8.85. The van der Waals surface area contributed by atoms with Crippen LogP contribution in [0.5, 0.6) is 0 Å². The Hall–Kier alpha value is -2.73. The highest BCUT2D eigenvalue weighted by Gasteiger charge is 2.21. The molecule has 0 saturated heterocycles. The lowest BCUT2D eigenvalue weighted by molar-refractivity contribution is 0.102. The molecule has 0 atom stereocenters. The number of aryl methyl sites for hydroxylation is 2. The molecule has 0 aliphatic rings. The van der Waals surface area contributed by atoms with E-state index in [1.807, 2.05) is 27.1 Å². The van der Waals surface area contributed by atoms with E-state index < -0.39 is 0 Å². The van der Waals surface area contributed by atoms with E-state index in [0.29, 0.717) is 33.6 Å². The van der Waals surface area contributed by atoms with Gasteiger partial charge in [0, 0.05) is 17.1 Å². The van der Waals surface area contributed by atoms with Crippen molar-refractivity contribution in [1.29, 1.82) is 5.26 Å². The normalized spacial score (nSPS) is 10.6. The second-order valence-electron chi connectivity index (χ2n) is 6.76. The van der Waals surface area contributed by atoms with Gasteiger partial charge in [-0.25, -0.2) is 4.98 Å². The summed E-state index contributed by atoms with van der Waals surface area (Å²) < 4.78 is 1.57. The summed E-state index contributed by atoms with van der Waals surface area (Å²) in [4.78, 5) is 33.6. The number of carbonyl (C=O) groups excluding carboxylic acids is 1. The Labute approximate surface area is 179 Å². The van der Waals surface area contributed by atoms with Crippen LogP contribution in [0.1, 0.15) is 27.2 Å². The zero-order valence-corrected chi connectivity index (χ0v) is 18.1. The van der Waals surface area contributed by atoms with Crippen LogP contribution in [0, 0.1) is 18.3 Å². The molecule has 0 aliphatic carbocycles. The molecule has 0 aliphatic heterocycles. The summed E-state index contributed by atoms with van der Waals surface area (Å²) >= 11 is 1.34. The van der Waals surface area contributed by atoms with Crippen LogP contribution in [0.25, 0.3) is 10.2 Å². The number of thiophene rings is 1. The molecular weight excluding hydrogens is 410 g/mol. The Bertz CT molecular complexity index is 1110. The van der Waals surface area contributed by atoms with Gasteiger partial charge in [0.15, 0.2) is 0 Å². The van der Waals surface area contributed by atoms with Gasteiger partial charge in [-0.1, -0.05) is 0 Å². The number of fused-ring (bicyclic) bond motifs is 1. The van der Waals surface area contributed by atoms with Crippen molar-refractivity contribution in [2.45, 2.75) is 19.9 Å². The standard InChI is InChI=1S/C20H21N5O2S.ClH/c1-13-16(18(26)23-15-7-5-14(11-21)6-8-15)17-19(28-13)22-12-25(20(17)27)10-4-9-24(2)3;/h5-8,12H,4,9-10H2,1-3H3,(H,23,26);1H. The summed E-state index contributed by atoms with van der Waals surface area (Å²) in [5.41, 5.74) is 1.25. The average Bonchev–Trinajstić information content (AvgIpc) is 3.01. The predicted octanol–water partition coefficient (Wildman–Crippen LogP) is 3.26. The molecule has 0 bridgehead atoms. The van der Waals surface area contributed by atoms with Gasteiger partial charge >= 0.3 is 0 Å². The molecule has 152 valence electrons. The maximum Gasteiger partial charge on any atom is 0.262 e. The summed E-state index contributed by atoms with van der Waals surface area (Å²) in [5.74, 6) is -0.349. The van der Waals surface area contributed by atoms with Crippen LogP contribution >= 0.6 is 23.7 Å². The van der Waals surface area contributed by atoms with E-state index in [0.717, 1.165) is 17.8 Å². The number of nitrogens with zero attached hydrogens (tertiary/aromatic N) is 4. The fourth-order valence-corrected chi connectivity index (χ4v) is 3.93. The van der Waals surface area contributed by atoms with Crippen molar-refractivity contribution in [3.05, 3.63) is 57.0 Å². The highest BCUT2D eigenvalue weighted by molar-refractivity contribution is 7.19. The quantitative estimate of drug-likeness (QED) is 0.646. The molecule has 2 heterocycles. The molecule has 0 radical (unpaired) electrons. The maximum absolute atomic E-state index is 13.0. The molecule has 0 unspecified atom stereocenters. The zero-order chi connectivity index (χ0) is 20.3.